The molecule has 0 unspecified atom stereocenters. The molecule has 0 aliphatic heterocycles. The van der Waals surface area contributed by atoms with E-state index in [1.165, 1.54) is 69.0 Å². The summed E-state index contributed by atoms with van der Waals surface area (Å²) in [7, 11) is 2.75. The number of thiol groups is 1. The largest absolute Gasteiger partial charge is 0.559 e. The number of benzene rings is 4. The van der Waals surface area contributed by atoms with Crippen LogP contribution in [-0.4, -0.2) is 57.0 Å². The van der Waals surface area contributed by atoms with E-state index in [0.717, 1.165) is 20.1 Å². The molecule has 0 atom stereocenters. The van der Waals surface area contributed by atoms with Gasteiger partial charge in [0.1, 0.15) is 23.0 Å². The Labute approximate surface area is 374 Å². The van der Waals surface area contributed by atoms with Crippen molar-refractivity contribution < 1.29 is 54.6 Å². The SMILES string of the molecule is CCl.CNC(=O)Nc1ccc(Oc2ccc(SC(F)(F)F)cc2)c(Cl)c1.Cn1c(=O)[nH]c(=O)n(-c2ccc(Oc3ccc(S)cc3)c(Cl)c2)c1=O.FC(F)(F)F.O=C=NC(=O)Cl. The van der Waals surface area contributed by atoms with Gasteiger partial charge < -0.3 is 20.1 Å². The number of hydrogen-bond donors (Lipinski definition) is 4. The predicted octanol–water partition coefficient (Wildman–Crippen LogP) is 10.5. The second-order valence-electron chi connectivity index (χ2n) is 10.5. The molecule has 1 heterocycles. The van der Waals surface area contributed by atoms with Crippen molar-refractivity contribution in [3.05, 3.63) is 126 Å². The van der Waals surface area contributed by atoms with Crippen LogP contribution in [0.5, 0.6) is 23.0 Å². The van der Waals surface area contributed by atoms with Crippen molar-refractivity contribution in [2.75, 3.05) is 18.7 Å². The molecule has 5 rings (SSSR count). The fourth-order valence-electron chi connectivity index (χ4n) is 3.86. The molecule has 0 aliphatic carbocycles. The van der Waals surface area contributed by atoms with Crippen LogP contribution in [0.4, 0.5) is 46.0 Å². The van der Waals surface area contributed by atoms with E-state index in [4.69, 9.17) is 37.5 Å². The normalized spacial score (nSPS) is 10.2. The molecule has 3 N–H and O–H groups in total. The highest BCUT2D eigenvalue weighted by Gasteiger charge is 2.29. The summed E-state index contributed by atoms with van der Waals surface area (Å²) in [4.78, 5) is 70.5. The number of thioether (sulfide) groups is 1. The zero-order chi connectivity index (χ0) is 47.4. The van der Waals surface area contributed by atoms with E-state index in [9.17, 15) is 54.7 Å². The van der Waals surface area contributed by atoms with Gasteiger partial charge in [0.2, 0.25) is 6.08 Å². The van der Waals surface area contributed by atoms with Crippen LogP contribution in [0.15, 0.2) is 114 Å². The molecular weight excluding hydrogens is 971 g/mol. The summed E-state index contributed by atoms with van der Waals surface area (Å²) in [6.45, 7) is 0. The quantitative estimate of drug-likeness (QED) is 0.0180. The first-order valence-corrected chi connectivity index (χ1v) is 19.0. The van der Waals surface area contributed by atoms with Crippen LogP contribution in [-0.2, 0) is 11.8 Å². The predicted molar refractivity (Wildman–Crippen MR) is 223 cm³/mol. The number of nitrogens with one attached hydrogen (secondary N) is 3. The van der Waals surface area contributed by atoms with Crippen molar-refractivity contribution in [3.8, 4) is 28.7 Å². The number of alkyl halides is 8. The molecule has 0 radical (unpaired) electrons. The van der Waals surface area contributed by atoms with Gasteiger partial charge in [-0.3, -0.25) is 9.78 Å². The second-order valence-corrected chi connectivity index (χ2v) is 13.3. The fourth-order valence-corrected chi connectivity index (χ4v) is 5.02. The minimum Gasteiger partial charge on any atom is -0.456 e. The smallest absolute Gasteiger partial charge is 0.456 e. The van der Waals surface area contributed by atoms with Gasteiger partial charge in [-0.25, -0.2) is 33.1 Å². The lowest BCUT2D eigenvalue weighted by molar-refractivity contribution is -0.237. The third-order valence-corrected chi connectivity index (χ3v) is 7.99. The van der Waals surface area contributed by atoms with E-state index in [0.29, 0.717) is 28.7 Å². The zero-order valence-electron chi connectivity index (χ0n) is 31.2. The Morgan fingerprint density at radius 1 is 0.806 bits per heavy atom. The molecular formula is C35H27Cl4F7N6O8S2. The van der Waals surface area contributed by atoms with Crippen molar-refractivity contribution >= 4 is 94.0 Å². The van der Waals surface area contributed by atoms with Crippen LogP contribution in [0.2, 0.25) is 10.0 Å². The molecule has 5 aromatic rings. The molecule has 27 heteroatoms. The average molecular weight is 999 g/mol. The van der Waals surface area contributed by atoms with Gasteiger partial charge in [-0.1, -0.05) is 23.2 Å². The summed E-state index contributed by atoms with van der Waals surface area (Å²) in [5.41, 5.74) is -6.05. The molecule has 1 aromatic heterocycles. The van der Waals surface area contributed by atoms with Crippen LogP contribution in [0.1, 0.15) is 0 Å². The lowest BCUT2D eigenvalue weighted by Gasteiger charge is -2.11. The molecule has 0 aliphatic rings. The number of ether oxygens (including phenoxy) is 2. The minimum absolute atomic E-state index is 0.0612. The summed E-state index contributed by atoms with van der Waals surface area (Å²) in [6.07, 6.45) is -3.07. The lowest BCUT2D eigenvalue weighted by atomic mass is 10.3. The molecule has 0 spiro atoms. The molecule has 334 valence electrons. The Morgan fingerprint density at radius 3 is 1.71 bits per heavy atom. The number of carbonyl (C=O) groups excluding carboxylic acids is 3. The second kappa shape index (κ2) is 26.1. The zero-order valence-corrected chi connectivity index (χ0v) is 35.9. The van der Waals surface area contributed by atoms with E-state index >= 15 is 0 Å². The van der Waals surface area contributed by atoms with Crippen LogP contribution >= 0.6 is 70.8 Å². The molecule has 3 amide bonds. The van der Waals surface area contributed by atoms with E-state index in [2.05, 4.69) is 56.4 Å². The van der Waals surface area contributed by atoms with Crippen LogP contribution in [0.3, 0.4) is 0 Å². The number of aromatic amines is 1. The Balaban J connectivity index is 0.000000485. The average Bonchev–Trinajstić information content (AvgIpc) is 3.17. The standard InChI is InChI=1S/C16H12ClN3O4S.C15H12ClF3N2O2S.C2ClNO2.CH3Cl.CF4/c1-19-14(21)18-15(22)20(16(19)23)9-2-7-13(12(17)8-9)24-10-3-5-11(25)6-4-10;1-20-14(22)21-9-2-7-13(12(16)8-9)23-10-3-5-11(6-4-10)24-15(17,18)19;3-2(6)4-1-5;1-2;2-1(3,4)5/h2-8,25H,1H3,(H,18,21,22);2-8H,1H3,(H2,20,21,22);;1H3;. The number of nitrogens with zero attached hydrogens (tertiary/aromatic N) is 3. The molecule has 0 bridgehead atoms. The lowest BCUT2D eigenvalue weighted by Crippen LogP contribution is -2.47. The highest BCUT2D eigenvalue weighted by molar-refractivity contribution is 8.00. The third kappa shape index (κ3) is 20.9. The first-order chi connectivity index (χ1) is 28.9. The number of isocyanates is 1. The van der Waals surface area contributed by atoms with Gasteiger partial charge in [0, 0.05) is 36.0 Å². The van der Waals surface area contributed by atoms with Crippen molar-refractivity contribution in [1.82, 2.24) is 19.4 Å². The van der Waals surface area contributed by atoms with Gasteiger partial charge in [-0.15, -0.1) is 46.8 Å². The molecule has 4 aromatic carbocycles. The number of aliphatic imine (C=N–C) groups is 1. The third-order valence-electron chi connectivity index (χ3n) is 6.27. The Bertz CT molecular complexity index is 2500. The van der Waals surface area contributed by atoms with Crippen molar-refractivity contribution in [3.63, 3.8) is 0 Å². The van der Waals surface area contributed by atoms with Gasteiger partial charge in [0.15, 0.2) is 0 Å². The number of carbonyl (C=O) groups is 2. The fraction of sp³-hybridized carbons (Fsp3) is 0.143. The van der Waals surface area contributed by atoms with Gasteiger partial charge in [-0.05, 0) is 108 Å². The molecule has 14 nitrogen and oxygen atoms in total. The number of H-pyrrole nitrogens is 1. The van der Waals surface area contributed by atoms with E-state index in [1.807, 2.05) is 0 Å². The van der Waals surface area contributed by atoms with Crippen molar-refractivity contribution in [2.45, 2.75) is 21.7 Å². The monoisotopic (exact) mass is 996 g/mol. The maximum absolute atomic E-state index is 12.3. The van der Waals surface area contributed by atoms with Crippen LogP contribution < -0.4 is 37.2 Å². The molecule has 0 saturated heterocycles. The Hall–Kier alpha value is -5.42. The number of amides is 3. The highest BCUT2D eigenvalue weighted by atomic mass is 35.5. The summed E-state index contributed by atoms with van der Waals surface area (Å²) < 4.78 is 88.4. The minimum atomic E-state index is -5.50. The van der Waals surface area contributed by atoms with Crippen LogP contribution in [0, 0.1) is 0 Å². The van der Waals surface area contributed by atoms with Crippen molar-refractivity contribution in [1.29, 1.82) is 0 Å². The summed E-state index contributed by atoms with van der Waals surface area (Å²) in [5, 5.41) is 4.37. The molecule has 0 fully saturated rings. The topological polar surface area (TPSA) is 183 Å². The maximum Gasteiger partial charge on any atom is 0.559 e. The van der Waals surface area contributed by atoms with E-state index < -0.39 is 40.4 Å². The number of rotatable bonds is 7. The van der Waals surface area contributed by atoms with Crippen LogP contribution in [0.25, 0.3) is 5.69 Å². The first kappa shape index (κ1) is 54.6. The number of urea groups is 1. The van der Waals surface area contributed by atoms with Gasteiger partial charge in [0.25, 0.3) is 0 Å². The summed E-state index contributed by atoms with van der Waals surface area (Å²) in [5.74, 6) is 1.57. The number of anilines is 1. The summed E-state index contributed by atoms with van der Waals surface area (Å²) in [6, 6.07) is 21.1. The van der Waals surface area contributed by atoms with E-state index in [1.54, 1.807) is 36.4 Å². The van der Waals surface area contributed by atoms with Gasteiger partial charge >= 0.3 is 40.4 Å². The summed E-state index contributed by atoms with van der Waals surface area (Å²) >= 11 is 25.4. The first-order valence-electron chi connectivity index (χ1n) is 15.8. The van der Waals surface area contributed by atoms with Gasteiger partial charge in [0.05, 0.1) is 15.7 Å². The number of hydrogen-bond acceptors (Lipinski definition) is 10. The Morgan fingerprint density at radius 2 is 1.29 bits per heavy atom. The number of halogens is 11. The Kier molecular flexibility index (Phi) is 23.0. The number of aromatic nitrogens is 3. The molecule has 62 heavy (non-hydrogen) atoms. The highest BCUT2D eigenvalue weighted by Crippen LogP contribution is 2.38. The van der Waals surface area contributed by atoms with Crippen molar-refractivity contribution in [2.24, 2.45) is 12.0 Å². The van der Waals surface area contributed by atoms with Gasteiger partial charge in [-0.2, -0.15) is 13.2 Å². The van der Waals surface area contributed by atoms with E-state index in [-0.39, 0.29) is 32.4 Å². The maximum atomic E-state index is 12.3. The molecule has 0 saturated carbocycles.